The zero-order valence-corrected chi connectivity index (χ0v) is 12.0. The molecule has 20 heavy (non-hydrogen) atoms. The number of benzene rings is 1. The molecule has 3 heteroatoms. The second-order valence-corrected chi connectivity index (χ2v) is 5.13. The first kappa shape index (κ1) is 14.1. The van der Waals surface area contributed by atoms with Crippen molar-refractivity contribution in [2.45, 2.75) is 19.3 Å². The number of methoxy groups -OCH3 is 1. The Morgan fingerprint density at radius 3 is 2.45 bits per heavy atom. The fourth-order valence-corrected chi connectivity index (χ4v) is 2.06. The molecule has 0 fully saturated rings. The summed E-state index contributed by atoms with van der Waals surface area (Å²) in [5, 5.41) is 0. The lowest BCUT2D eigenvalue weighted by molar-refractivity contribution is 0.385. The van der Waals surface area contributed by atoms with Crippen LogP contribution in [0.4, 0.5) is 0 Å². The standard InChI is InChI=1S/C17H18O3/c1-5-17(2,3)15-14(19-4)11-13(20-16(15)18)12-9-7-6-8-10-12/h5-11H,1H2,2-4H3. The molecule has 1 heterocycles. The van der Waals surface area contributed by atoms with Crippen molar-refractivity contribution in [2.24, 2.45) is 0 Å². The largest absolute Gasteiger partial charge is 0.496 e. The van der Waals surface area contributed by atoms with Gasteiger partial charge in [-0.15, -0.1) is 6.58 Å². The Morgan fingerprint density at radius 2 is 1.90 bits per heavy atom. The second-order valence-electron chi connectivity index (χ2n) is 5.13. The maximum absolute atomic E-state index is 12.3. The Labute approximate surface area is 118 Å². The highest BCUT2D eigenvalue weighted by Crippen LogP contribution is 2.32. The lowest BCUT2D eigenvalue weighted by Crippen LogP contribution is -2.24. The predicted molar refractivity (Wildman–Crippen MR) is 80.2 cm³/mol. The van der Waals surface area contributed by atoms with Gasteiger partial charge in [-0.05, 0) is 0 Å². The summed E-state index contributed by atoms with van der Waals surface area (Å²) in [5.74, 6) is 1.01. The monoisotopic (exact) mass is 270 g/mol. The predicted octanol–water partition coefficient (Wildman–Crippen LogP) is 3.78. The topological polar surface area (TPSA) is 39.4 Å². The van der Waals surface area contributed by atoms with E-state index >= 15 is 0 Å². The molecule has 0 aliphatic rings. The van der Waals surface area contributed by atoms with Gasteiger partial charge in [-0.2, -0.15) is 0 Å². The van der Waals surface area contributed by atoms with E-state index in [1.807, 2.05) is 44.2 Å². The molecule has 2 rings (SSSR count). The normalized spacial score (nSPS) is 11.2. The highest BCUT2D eigenvalue weighted by molar-refractivity contribution is 5.60. The van der Waals surface area contributed by atoms with Crippen molar-refractivity contribution in [2.75, 3.05) is 7.11 Å². The van der Waals surface area contributed by atoms with E-state index in [0.29, 0.717) is 17.1 Å². The average molecular weight is 270 g/mol. The molecule has 0 radical (unpaired) electrons. The van der Waals surface area contributed by atoms with Crippen molar-refractivity contribution in [1.82, 2.24) is 0 Å². The highest BCUT2D eigenvalue weighted by atomic mass is 16.5. The summed E-state index contributed by atoms with van der Waals surface area (Å²) in [7, 11) is 1.55. The van der Waals surface area contributed by atoms with Crippen LogP contribution in [0.3, 0.4) is 0 Å². The summed E-state index contributed by atoms with van der Waals surface area (Å²) in [6.45, 7) is 7.57. The molecule has 0 aliphatic carbocycles. The van der Waals surface area contributed by atoms with Gasteiger partial charge in [0.05, 0.1) is 12.7 Å². The van der Waals surface area contributed by atoms with Gasteiger partial charge in [-0.1, -0.05) is 50.3 Å². The number of ether oxygens (including phenoxy) is 1. The summed E-state index contributed by atoms with van der Waals surface area (Å²) in [5.41, 5.74) is 0.412. The molecule has 1 aromatic heterocycles. The van der Waals surface area contributed by atoms with Crippen LogP contribution in [0.2, 0.25) is 0 Å². The maximum atomic E-state index is 12.3. The van der Waals surface area contributed by atoms with Crippen LogP contribution in [0.15, 0.2) is 58.3 Å². The summed E-state index contributed by atoms with van der Waals surface area (Å²) < 4.78 is 10.8. The van der Waals surface area contributed by atoms with Gasteiger partial charge in [-0.25, -0.2) is 4.79 Å². The first-order valence-corrected chi connectivity index (χ1v) is 6.41. The Kier molecular flexibility index (Phi) is 3.79. The first-order chi connectivity index (χ1) is 9.49. The minimum absolute atomic E-state index is 0.395. The van der Waals surface area contributed by atoms with E-state index in [1.54, 1.807) is 19.3 Å². The van der Waals surface area contributed by atoms with Crippen LogP contribution in [-0.2, 0) is 5.41 Å². The smallest absolute Gasteiger partial charge is 0.344 e. The van der Waals surface area contributed by atoms with Crippen LogP contribution >= 0.6 is 0 Å². The number of hydrogen-bond donors (Lipinski definition) is 0. The molecule has 1 aromatic carbocycles. The molecular weight excluding hydrogens is 252 g/mol. The molecule has 0 saturated heterocycles. The third-order valence-corrected chi connectivity index (χ3v) is 3.35. The average Bonchev–Trinajstić information content (AvgIpc) is 2.47. The molecule has 0 unspecified atom stereocenters. The number of hydrogen-bond acceptors (Lipinski definition) is 3. The van der Waals surface area contributed by atoms with Crippen LogP contribution in [0.1, 0.15) is 19.4 Å². The third-order valence-electron chi connectivity index (χ3n) is 3.35. The lowest BCUT2D eigenvalue weighted by atomic mass is 9.85. The van der Waals surface area contributed by atoms with E-state index in [4.69, 9.17) is 9.15 Å². The quantitative estimate of drug-likeness (QED) is 0.794. The van der Waals surface area contributed by atoms with Gasteiger partial charge < -0.3 is 9.15 Å². The molecule has 0 aliphatic heterocycles. The Balaban J connectivity index is 2.66. The Hall–Kier alpha value is -2.29. The van der Waals surface area contributed by atoms with Crippen LogP contribution in [0.5, 0.6) is 5.75 Å². The van der Waals surface area contributed by atoms with Gasteiger partial charge >= 0.3 is 5.63 Å². The molecule has 104 valence electrons. The highest BCUT2D eigenvalue weighted by Gasteiger charge is 2.26. The minimum atomic E-state index is -0.513. The van der Waals surface area contributed by atoms with Crippen molar-refractivity contribution in [3.8, 4) is 17.1 Å². The van der Waals surface area contributed by atoms with Gasteiger partial charge in [0.25, 0.3) is 0 Å². The molecule has 0 N–H and O–H groups in total. The lowest BCUT2D eigenvalue weighted by Gasteiger charge is -2.21. The molecule has 0 bridgehead atoms. The van der Waals surface area contributed by atoms with Gasteiger partial charge in [0.1, 0.15) is 11.5 Å². The summed E-state index contributed by atoms with van der Waals surface area (Å²) >= 11 is 0. The summed E-state index contributed by atoms with van der Waals surface area (Å²) in [6.07, 6.45) is 1.71. The van der Waals surface area contributed by atoms with Gasteiger partial charge in [0.15, 0.2) is 0 Å². The van der Waals surface area contributed by atoms with E-state index in [-0.39, 0.29) is 0 Å². The molecule has 0 saturated carbocycles. The van der Waals surface area contributed by atoms with E-state index in [1.165, 1.54) is 0 Å². The third kappa shape index (κ3) is 2.52. The first-order valence-electron chi connectivity index (χ1n) is 6.41. The van der Waals surface area contributed by atoms with Crippen LogP contribution in [0.25, 0.3) is 11.3 Å². The van der Waals surface area contributed by atoms with E-state index < -0.39 is 11.0 Å². The van der Waals surface area contributed by atoms with Crippen LogP contribution in [-0.4, -0.2) is 7.11 Å². The van der Waals surface area contributed by atoms with Gasteiger partial charge in [-0.3, -0.25) is 0 Å². The SMILES string of the molecule is C=CC(C)(C)c1c(OC)cc(-c2ccccc2)oc1=O. The zero-order chi connectivity index (χ0) is 14.8. The number of rotatable bonds is 4. The molecule has 0 amide bonds. The van der Waals surface area contributed by atoms with E-state index in [0.717, 1.165) is 5.56 Å². The maximum Gasteiger partial charge on any atom is 0.344 e. The van der Waals surface area contributed by atoms with Crippen LogP contribution in [0, 0.1) is 0 Å². The second kappa shape index (κ2) is 5.37. The van der Waals surface area contributed by atoms with Crippen molar-refractivity contribution in [3.63, 3.8) is 0 Å². The number of allylic oxidation sites excluding steroid dienone is 1. The molecule has 3 nitrogen and oxygen atoms in total. The summed E-state index contributed by atoms with van der Waals surface area (Å²) in [6, 6.07) is 11.2. The molecule has 0 spiro atoms. The fraction of sp³-hybridized carbons (Fsp3) is 0.235. The van der Waals surface area contributed by atoms with Crippen molar-refractivity contribution in [1.29, 1.82) is 0 Å². The molecule has 0 atom stereocenters. The van der Waals surface area contributed by atoms with Gasteiger partial charge in [0, 0.05) is 17.0 Å². The van der Waals surface area contributed by atoms with Crippen LogP contribution < -0.4 is 10.4 Å². The van der Waals surface area contributed by atoms with Crippen molar-refractivity contribution < 1.29 is 9.15 Å². The Morgan fingerprint density at radius 1 is 1.25 bits per heavy atom. The van der Waals surface area contributed by atoms with Crippen molar-refractivity contribution >= 4 is 0 Å². The Bertz CT molecular complexity index is 666. The van der Waals surface area contributed by atoms with Crippen molar-refractivity contribution in [3.05, 3.63) is 65.0 Å². The molecule has 2 aromatic rings. The van der Waals surface area contributed by atoms with Gasteiger partial charge in [0.2, 0.25) is 0 Å². The molecular formula is C17H18O3. The minimum Gasteiger partial charge on any atom is -0.496 e. The fourth-order valence-electron chi connectivity index (χ4n) is 2.06. The van der Waals surface area contributed by atoms with E-state index in [2.05, 4.69) is 6.58 Å². The summed E-state index contributed by atoms with van der Waals surface area (Å²) in [4.78, 5) is 12.3. The van der Waals surface area contributed by atoms with E-state index in [9.17, 15) is 4.79 Å². The zero-order valence-electron chi connectivity index (χ0n) is 12.0.